The molecule has 2 amide bonds. The van der Waals surface area contributed by atoms with Crippen LogP contribution in [-0.2, 0) is 14.8 Å². The lowest BCUT2D eigenvalue weighted by atomic mass is 10.0. The molecule has 0 bridgehead atoms. The van der Waals surface area contributed by atoms with Gasteiger partial charge in [0.05, 0.1) is 6.26 Å². The summed E-state index contributed by atoms with van der Waals surface area (Å²) in [4.78, 5) is 29.1. The minimum absolute atomic E-state index is 0. The maximum atomic E-state index is 13.2. The third-order valence-electron chi connectivity index (χ3n) is 7.45. The molecule has 1 aliphatic carbocycles. The van der Waals surface area contributed by atoms with E-state index in [-0.39, 0.29) is 32.1 Å². The summed E-state index contributed by atoms with van der Waals surface area (Å²) in [6, 6.07) is 15.1. The average Bonchev–Trinajstić information content (AvgIpc) is 3.67. The molecule has 39 heavy (non-hydrogen) atoms. The molecule has 0 radical (unpaired) electrons. The van der Waals surface area contributed by atoms with Gasteiger partial charge in [0, 0.05) is 40.2 Å². The van der Waals surface area contributed by atoms with E-state index in [1.165, 1.54) is 27.4 Å². The number of carbonyl (C=O) groups is 2. The van der Waals surface area contributed by atoms with E-state index >= 15 is 0 Å². The first kappa shape index (κ1) is 30.7. The quantitative estimate of drug-likeness (QED) is 0.471. The molecule has 4 rings (SSSR count). The van der Waals surface area contributed by atoms with Crippen LogP contribution in [0.3, 0.4) is 0 Å². The third kappa shape index (κ3) is 8.84. The van der Waals surface area contributed by atoms with Crippen LogP contribution < -0.4 is 5.73 Å². The predicted molar refractivity (Wildman–Crippen MR) is 153 cm³/mol. The monoisotopic (exact) mass is 562 g/mol. The molecule has 2 aliphatic rings. The van der Waals surface area contributed by atoms with Crippen LogP contribution in [0.4, 0.5) is 4.39 Å². The van der Waals surface area contributed by atoms with Crippen molar-refractivity contribution in [3.63, 3.8) is 0 Å². The molecule has 2 N–H and O–H groups in total. The van der Waals surface area contributed by atoms with Crippen molar-refractivity contribution in [2.45, 2.75) is 44.6 Å². The second-order valence-electron chi connectivity index (χ2n) is 10.4. The van der Waals surface area contributed by atoms with Crippen molar-refractivity contribution in [3.8, 4) is 0 Å². The number of carbonyl (C=O) groups excluding carboxylic acids is 2. The standard InChI is InChI=1S/C19H30N4O4S.C10H11F.H2/c1-21(18(24)16-8-4-3-5-9-16)17(10-6-7-11-20)19(25)22-12-14-23(15-13-22)28(2,26)27;1-7-6-10(7)8-2-4-9(11)5-3-8;/h3-5,8-9,17H,6-7,10-15,20H2,1-2H3;2-5,7,10H,6H2,1H3;1H/t17-;7?,10-;/m01./s1. The van der Waals surface area contributed by atoms with Crippen molar-refractivity contribution in [2.24, 2.45) is 11.7 Å². The molecule has 2 fully saturated rings. The summed E-state index contributed by atoms with van der Waals surface area (Å²) in [6.07, 6.45) is 4.48. The Bertz CT molecular complexity index is 1190. The zero-order chi connectivity index (χ0) is 28.6. The number of likely N-dealkylation sites (N-methyl/N-ethyl adjacent to an activating group) is 1. The van der Waals surface area contributed by atoms with Crippen LogP contribution in [-0.4, -0.2) is 86.4 Å². The van der Waals surface area contributed by atoms with Crippen molar-refractivity contribution in [1.29, 1.82) is 0 Å². The third-order valence-corrected chi connectivity index (χ3v) is 8.76. The van der Waals surface area contributed by atoms with Crippen molar-refractivity contribution >= 4 is 21.8 Å². The maximum Gasteiger partial charge on any atom is 0.254 e. The molecule has 1 saturated carbocycles. The molecular formula is C29H43FN4O4S. The average molecular weight is 563 g/mol. The Labute approximate surface area is 233 Å². The highest BCUT2D eigenvalue weighted by Gasteiger charge is 2.34. The topological polar surface area (TPSA) is 104 Å². The van der Waals surface area contributed by atoms with Gasteiger partial charge in [-0.3, -0.25) is 9.59 Å². The molecule has 0 spiro atoms. The molecule has 3 atom stereocenters. The van der Waals surface area contributed by atoms with Crippen LogP contribution in [0, 0.1) is 11.7 Å². The van der Waals surface area contributed by atoms with E-state index in [0.29, 0.717) is 37.5 Å². The van der Waals surface area contributed by atoms with E-state index in [9.17, 15) is 22.4 Å². The van der Waals surface area contributed by atoms with Gasteiger partial charge in [0.2, 0.25) is 15.9 Å². The molecule has 10 heteroatoms. The zero-order valence-electron chi connectivity index (χ0n) is 23.1. The summed E-state index contributed by atoms with van der Waals surface area (Å²) in [5.41, 5.74) is 7.40. The number of halogens is 1. The fourth-order valence-corrected chi connectivity index (χ4v) is 5.66. The van der Waals surface area contributed by atoms with Gasteiger partial charge < -0.3 is 15.5 Å². The van der Waals surface area contributed by atoms with Gasteiger partial charge in [-0.05, 0) is 73.9 Å². The van der Waals surface area contributed by atoms with Gasteiger partial charge in [-0.15, -0.1) is 0 Å². The first-order chi connectivity index (χ1) is 18.5. The summed E-state index contributed by atoms with van der Waals surface area (Å²) in [5.74, 6) is 1.02. The Kier molecular flexibility index (Phi) is 11.0. The fourth-order valence-electron chi connectivity index (χ4n) is 4.84. The summed E-state index contributed by atoms with van der Waals surface area (Å²) in [5, 5.41) is 0. The summed E-state index contributed by atoms with van der Waals surface area (Å²) in [6.45, 7) is 3.96. The van der Waals surface area contributed by atoms with Crippen LogP contribution in [0.1, 0.15) is 55.9 Å². The number of benzene rings is 2. The number of sulfonamides is 1. The smallest absolute Gasteiger partial charge is 0.254 e. The highest BCUT2D eigenvalue weighted by Crippen LogP contribution is 2.46. The number of unbranched alkanes of at least 4 members (excludes halogenated alkanes) is 1. The Morgan fingerprint density at radius 2 is 1.64 bits per heavy atom. The number of hydrogen-bond donors (Lipinski definition) is 1. The van der Waals surface area contributed by atoms with Gasteiger partial charge >= 0.3 is 0 Å². The lowest BCUT2D eigenvalue weighted by molar-refractivity contribution is -0.137. The van der Waals surface area contributed by atoms with Gasteiger partial charge in [-0.2, -0.15) is 4.31 Å². The summed E-state index contributed by atoms with van der Waals surface area (Å²) in [7, 11) is -1.62. The predicted octanol–water partition coefficient (Wildman–Crippen LogP) is 3.56. The number of hydrogen-bond acceptors (Lipinski definition) is 5. The number of nitrogens with zero attached hydrogens (tertiary/aromatic N) is 3. The van der Waals surface area contributed by atoms with Gasteiger partial charge in [0.15, 0.2) is 0 Å². The SMILES string of the molecule is CC1C[C@H]1c1ccc(F)cc1.CN(C(=O)c1ccccc1)[C@@H](CCCCN)C(=O)N1CCN(S(C)(=O)=O)CC1.[HH]. The van der Waals surface area contributed by atoms with Gasteiger partial charge in [0.25, 0.3) is 5.91 Å². The second kappa shape index (κ2) is 14.0. The normalized spacial score (nSPS) is 20.0. The second-order valence-corrected chi connectivity index (χ2v) is 12.4. The van der Waals surface area contributed by atoms with E-state index < -0.39 is 16.1 Å². The molecule has 1 saturated heterocycles. The van der Waals surface area contributed by atoms with Crippen molar-refractivity contribution in [1.82, 2.24) is 14.1 Å². The molecule has 0 aromatic heterocycles. The number of piperazine rings is 1. The largest absolute Gasteiger partial charge is 0.338 e. The minimum atomic E-state index is -3.26. The van der Waals surface area contributed by atoms with Crippen molar-refractivity contribution < 1.29 is 23.8 Å². The van der Waals surface area contributed by atoms with E-state index in [4.69, 9.17) is 5.73 Å². The molecule has 2 aromatic carbocycles. The molecule has 8 nitrogen and oxygen atoms in total. The number of rotatable bonds is 9. The van der Waals surface area contributed by atoms with Crippen molar-refractivity contribution in [3.05, 3.63) is 71.5 Å². The van der Waals surface area contributed by atoms with Gasteiger partial charge in [0.1, 0.15) is 11.9 Å². The number of amides is 2. The molecule has 1 heterocycles. The van der Waals surface area contributed by atoms with E-state index in [1.807, 2.05) is 18.2 Å². The van der Waals surface area contributed by atoms with Gasteiger partial charge in [-0.1, -0.05) is 37.3 Å². The Morgan fingerprint density at radius 3 is 2.15 bits per heavy atom. The van der Waals surface area contributed by atoms with Crippen molar-refractivity contribution in [2.75, 3.05) is 46.0 Å². The van der Waals surface area contributed by atoms with E-state index in [2.05, 4.69) is 6.92 Å². The minimum Gasteiger partial charge on any atom is -0.338 e. The lowest BCUT2D eigenvalue weighted by Crippen LogP contribution is -2.56. The molecular weight excluding hydrogens is 519 g/mol. The first-order valence-corrected chi connectivity index (χ1v) is 15.4. The van der Waals surface area contributed by atoms with Crippen LogP contribution >= 0.6 is 0 Å². The fraction of sp³-hybridized carbons (Fsp3) is 0.517. The molecule has 1 unspecified atom stereocenters. The van der Waals surface area contributed by atoms with Gasteiger partial charge in [-0.25, -0.2) is 12.8 Å². The summed E-state index contributed by atoms with van der Waals surface area (Å²) >= 11 is 0. The molecule has 216 valence electrons. The van der Waals surface area contributed by atoms with E-state index in [0.717, 1.165) is 18.8 Å². The highest BCUT2D eigenvalue weighted by atomic mass is 32.2. The van der Waals surface area contributed by atoms with Crippen LogP contribution in [0.25, 0.3) is 0 Å². The van der Waals surface area contributed by atoms with E-state index in [1.54, 1.807) is 48.3 Å². The Balaban J connectivity index is 0.000000387. The molecule has 1 aliphatic heterocycles. The van der Waals surface area contributed by atoms with Crippen LogP contribution in [0.5, 0.6) is 0 Å². The zero-order valence-corrected chi connectivity index (χ0v) is 23.9. The summed E-state index contributed by atoms with van der Waals surface area (Å²) < 4.78 is 37.2. The highest BCUT2D eigenvalue weighted by molar-refractivity contribution is 7.88. The lowest BCUT2D eigenvalue weighted by Gasteiger charge is -2.37. The first-order valence-electron chi connectivity index (χ1n) is 13.5. The van der Waals surface area contributed by atoms with Crippen LogP contribution in [0.2, 0.25) is 0 Å². The Hall–Kier alpha value is -2.82. The maximum absolute atomic E-state index is 13.2. The Morgan fingerprint density at radius 1 is 1.05 bits per heavy atom. The number of nitrogens with two attached hydrogens (primary N) is 1. The van der Waals surface area contributed by atoms with Crippen LogP contribution in [0.15, 0.2) is 54.6 Å². The molecule has 2 aromatic rings.